The van der Waals surface area contributed by atoms with E-state index < -0.39 is 24.6 Å². The van der Waals surface area contributed by atoms with Crippen LogP contribution in [0, 0.1) is 5.92 Å². The van der Waals surface area contributed by atoms with Crippen LogP contribution in [-0.4, -0.2) is 30.3 Å². The highest BCUT2D eigenvalue weighted by Gasteiger charge is 2.44. The van der Waals surface area contributed by atoms with Gasteiger partial charge < -0.3 is 10.4 Å². The minimum Gasteiger partial charge on any atom is -0.481 e. The molecule has 104 valence electrons. The van der Waals surface area contributed by atoms with Crippen molar-refractivity contribution in [3.63, 3.8) is 0 Å². The van der Waals surface area contributed by atoms with Gasteiger partial charge in [0, 0.05) is 6.54 Å². The van der Waals surface area contributed by atoms with Crippen LogP contribution >= 0.6 is 0 Å². The second kappa shape index (κ2) is 6.78. The minimum absolute atomic E-state index is 0.395. The van der Waals surface area contributed by atoms with E-state index in [0.29, 0.717) is 13.0 Å². The van der Waals surface area contributed by atoms with Crippen molar-refractivity contribution in [2.75, 3.05) is 13.1 Å². The third-order valence-corrected chi connectivity index (χ3v) is 3.05. The highest BCUT2D eigenvalue weighted by atomic mass is 19.4. The van der Waals surface area contributed by atoms with E-state index in [9.17, 15) is 18.0 Å². The summed E-state index contributed by atoms with van der Waals surface area (Å²) in [6, 6.07) is 0. The van der Waals surface area contributed by atoms with E-state index in [1.807, 2.05) is 0 Å². The summed E-state index contributed by atoms with van der Waals surface area (Å²) in [5, 5.41) is 11.1. The van der Waals surface area contributed by atoms with Crippen molar-refractivity contribution >= 4 is 5.97 Å². The van der Waals surface area contributed by atoms with Crippen LogP contribution in [-0.2, 0) is 4.79 Å². The molecule has 0 bridgehead atoms. The highest BCUT2D eigenvalue weighted by molar-refractivity contribution is 5.71. The first kappa shape index (κ1) is 15.0. The molecule has 2 N–H and O–H groups in total. The molecule has 1 atom stereocenters. The van der Waals surface area contributed by atoms with Gasteiger partial charge in [-0.25, -0.2) is 0 Å². The van der Waals surface area contributed by atoms with Crippen LogP contribution in [0.4, 0.5) is 13.2 Å². The third kappa shape index (κ3) is 5.08. The van der Waals surface area contributed by atoms with Gasteiger partial charge in [0.25, 0.3) is 0 Å². The summed E-state index contributed by atoms with van der Waals surface area (Å²) >= 11 is 0. The number of rotatable bonds is 6. The molecule has 0 aromatic rings. The number of allylic oxidation sites excluding steroid dienone is 1. The van der Waals surface area contributed by atoms with Gasteiger partial charge in [0.05, 0.1) is 0 Å². The molecule has 0 fully saturated rings. The summed E-state index contributed by atoms with van der Waals surface area (Å²) in [5.74, 6) is -4.15. The molecule has 0 aromatic carbocycles. The quantitative estimate of drug-likeness (QED) is 0.573. The number of carboxylic acids is 1. The number of aliphatic carboxylic acids is 1. The zero-order chi connectivity index (χ0) is 13.6. The van der Waals surface area contributed by atoms with E-state index in [1.165, 1.54) is 12.0 Å². The number of carbonyl (C=O) groups is 1. The Balaban J connectivity index is 2.27. The van der Waals surface area contributed by atoms with Gasteiger partial charge in [-0.1, -0.05) is 11.6 Å². The molecule has 0 aliphatic heterocycles. The fourth-order valence-corrected chi connectivity index (χ4v) is 1.97. The number of hydrogen-bond acceptors (Lipinski definition) is 2. The molecular formula is C12H18F3NO2. The van der Waals surface area contributed by atoms with Gasteiger partial charge in [-0.05, 0) is 38.6 Å². The number of carboxylic acid groups (broad SMARTS) is 1. The standard InChI is InChI=1S/C12H18F3NO2/c13-12(14,15)10(11(17)18)8-16-7-6-9-4-2-1-3-5-9/h4,10,16H,1-3,5-8H2,(H,17,18). The lowest BCUT2D eigenvalue weighted by atomic mass is 9.97. The van der Waals surface area contributed by atoms with Gasteiger partial charge in [-0.3, -0.25) is 4.79 Å². The van der Waals surface area contributed by atoms with E-state index in [1.54, 1.807) is 0 Å². The molecule has 0 heterocycles. The number of halogens is 3. The van der Waals surface area contributed by atoms with Crippen molar-refractivity contribution < 1.29 is 23.1 Å². The predicted octanol–water partition coefficient (Wildman–Crippen LogP) is 2.73. The molecule has 0 saturated heterocycles. The average molecular weight is 265 g/mol. The fraction of sp³-hybridized carbons (Fsp3) is 0.750. The topological polar surface area (TPSA) is 49.3 Å². The SMILES string of the molecule is O=C(O)C(CNCCC1=CCCCC1)C(F)(F)F. The Morgan fingerprint density at radius 2 is 2.17 bits per heavy atom. The first-order chi connectivity index (χ1) is 8.41. The summed E-state index contributed by atoms with van der Waals surface area (Å²) in [6.07, 6.45) is 2.48. The normalized spacial score (nSPS) is 18.3. The Kier molecular flexibility index (Phi) is 5.65. The van der Waals surface area contributed by atoms with Crippen LogP contribution in [0.15, 0.2) is 11.6 Å². The molecule has 0 aromatic heterocycles. The molecular weight excluding hydrogens is 247 g/mol. The van der Waals surface area contributed by atoms with E-state index in [4.69, 9.17) is 5.11 Å². The second-order valence-corrected chi connectivity index (χ2v) is 4.49. The van der Waals surface area contributed by atoms with Crippen molar-refractivity contribution in [3.05, 3.63) is 11.6 Å². The fourth-order valence-electron chi connectivity index (χ4n) is 1.97. The maximum atomic E-state index is 12.3. The largest absolute Gasteiger partial charge is 0.481 e. The van der Waals surface area contributed by atoms with Crippen LogP contribution in [0.25, 0.3) is 0 Å². The monoisotopic (exact) mass is 265 g/mol. The maximum Gasteiger partial charge on any atom is 0.403 e. The summed E-state index contributed by atoms with van der Waals surface area (Å²) in [6.45, 7) is -0.169. The Morgan fingerprint density at radius 1 is 1.44 bits per heavy atom. The molecule has 3 nitrogen and oxygen atoms in total. The van der Waals surface area contributed by atoms with Gasteiger partial charge in [0.1, 0.15) is 0 Å². The first-order valence-corrected chi connectivity index (χ1v) is 6.09. The number of hydrogen-bond donors (Lipinski definition) is 2. The molecule has 0 radical (unpaired) electrons. The lowest BCUT2D eigenvalue weighted by Crippen LogP contribution is -2.39. The third-order valence-electron chi connectivity index (χ3n) is 3.05. The lowest BCUT2D eigenvalue weighted by molar-refractivity contribution is -0.192. The van der Waals surface area contributed by atoms with Crippen molar-refractivity contribution in [1.82, 2.24) is 5.32 Å². The Morgan fingerprint density at radius 3 is 2.67 bits per heavy atom. The van der Waals surface area contributed by atoms with Gasteiger partial charge in [0.2, 0.25) is 0 Å². The van der Waals surface area contributed by atoms with E-state index in [0.717, 1.165) is 19.3 Å². The average Bonchev–Trinajstić information content (AvgIpc) is 2.27. The summed E-state index contributed by atoms with van der Waals surface area (Å²) in [5.41, 5.74) is 1.26. The molecule has 0 amide bonds. The van der Waals surface area contributed by atoms with Crippen LogP contribution < -0.4 is 5.32 Å². The minimum atomic E-state index is -4.69. The predicted molar refractivity (Wildman–Crippen MR) is 61.2 cm³/mol. The molecule has 1 unspecified atom stereocenters. The summed E-state index contributed by atoms with van der Waals surface area (Å²) in [7, 11) is 0. The van der Waals surface area contributed by atoms with Gasteiger partial charge in [-0.15, -0.1) is 0 Å². The number of nitrogens with one attached hydrogen (secondary N) is 1. The molecule has 1 aliphatic rings. The molecule has 6 heteroatoms. The van der Waals surface area contributed by atoms with Gasteiger partial charge >= 0.3 is 12.1 Å². The zero-order valence-corrected chi connectivity index (χ0v) is 10.1. The van der Waals surface area contributed by atoms with Gasteiger partial charge in [0.15, 0.2) is 5.92 Å². The molecule has 18 heavy (non-hydrogen) atoms. The molecule has 0 spiro atoms. The summed E-state index contributed by atoms with van der Waals surface area (Å²) < 4.78 is 37.0. The van der Waals surface area contributed by atoms with Gasteiger partial charge in [-0.2, -0.15) is 13.2 Å². The Hall–Kier alpha value is -1.04. The molecule has 1 aliphatic carbocycles. The Bertz CT molecular complexity index is 313. The highest BCUT2D eigenvalue weighted by Crippen LogP contribution is 2.26. The van der Waals surface area contributed by atoms with Crippen LogP contribution in [0.3, 0.4) is 0 Å². The van der Waals surface area contributed by atoms with Crippen LogP contribution in [0.2, 0.25) is 0 Å². The summed E-state index contributed by atoms with van der Waals surface area (Å²) in [4.78, 5) is 10.5. The van der Waals surface area contributed by atoms with Crippen molar-refractivity contribution in [2.24, 2.45) is 5.92 Å². The number of alkyl halides is 3. The van der Waals surface area contributed by atoms with Crippen molar-refractivity contribution in [1.29, 1.82) is 0 Å². The van der Waals surface area contributed by atoms with Crippen molar-refractivity contribution in [2.45, 2.75) is 38.3 Å². The molecule has 1 rings (SSSR count). The van der Waals surface area contributed by atoms with E-state index in [-0.39, 0.29) is 0 Å². The Labute approximate surface area is 104 Å². The van der Waals surface area contributed by atoms with Crippen LogP contribution in [0.1, 0.15) is 32.1 Å². The maximum absolute atomic E-state index is 12.3. The van der Waals surface area contributed by atoms with Crippen LogP contribution in [0.5, 0.6) is 0 Å². The first-order valence-electron chi connectivity index (χ1n) is 6.09. The van der Waals surface area contributed by atoms with Crippen molar-refractivity contribution in [3.8, 4) is 0 Å². The lowest BCUT2D eigenvalue weighted by Gasteiger charge is -2.17. The smallest absolute Gasteiger partial charge is 0.403 e. The zero-order valence-electron chi connectivity index (χ0n) is 10.1. The van der Waals surface area contributed by atoms with E-state index >= 15 is 0 Å². The second-order valence-electron chi connectivity index (χ2n) is 4.49. The molecule has 0 saturated carbocycles. The van der Waals surface area contributed by atoms with E-state index in [2.05, 4.69) is 11.4 Å².